The molecule has 0 bridgehead atoms. The number of nitrogens with one attached hydrogen (secondary N) is 2. The van der Waals surface area contributed by atoms with Crippen LogP contribution in [0.1, 0.15) is 57.7 Å². The van der Waals surface area contributed by atoms with Crippen LogP contribution in [-0.2, 0) is 15.6 Å². The van der Waals surface area contributed by atoms with E-state index in [0.29, 0.717) is 17.8 Å². The van der Waals surface area contributed by atoms with E-state index in [1.54, 1.807) is 0 Å². The molecule has 6 nitrogen and oxygen atoms in total. The van der Waals surface area contributed by atoms with Crippen LogP contribution < -0.4 is 5.32 Å². The smallest absolute Gasteiger partial charge is 0.239 e. The summed E-state index contributed by atoms with van der Waals surface area (Å²) in [6.45, 7) is 4.41. The van der Waals surface area contributed by atoms with Gasteiger partial charge < -0.3 is 5.32 Å². The van der Waals surface area contributed by atoms with E-state index in [0.717, 1.165) is 31.5 Å². The Hall–Kier alpha value is -1.24. The summed E-state index contributed by atoms with van der Waals surface area (Å²) >= 11 is 0. The molecule has 1 aromatic heterocycles. The number of carbonyl (C=O) groups is 1. The van der Waals surface area contributed by atoms with Gasteiger partial charge >= 0.3 is 0 Å². The summed E-state index contributed by atoms with van der Waals surface area (Å²) in [5.74, 6) is 2.12. The second kappa shape index (κ2) is 6.48. The third-order valence-electron chi connectivity index (χ3n) is 4.97. The lowest BCUT2D eigenvalue weighted by atomic mass is 9.78. The quantitative estimate of drug-likeness (QED) is 0.863. The van der Waals surface area contributed by atoms with Gasteiger partial charge in [-0.15, -0.1) is 5.10 Å². The number of aromatic nitrogens is 3. The Kier molecular flexibility index (Phi) is 4.61. The fourth-order valence-corrected chi connectivity index (χ4v) is 3.92. The van der Waals surface area contributed by atoms with Crippen molar-refractivity contribution >= 4 is 16.7 Å². The maximum Gasteiger partial charge on any atom is 0.239 e. The molecule has 1 heterocycles. The number of H-pyrrole nitrogens is 1. The molecule has 122 valence electrons. The van der Waals surface area contributed by atoms with Crippen LogP contribution in [0.15, 0.2) is 5.16 Å². The molecule has 2 saturated carbocycles. The van der Waals surface area contributed by atoms with Gasteiger partial charge in [-0.1, -0.05) is 26.7 Å². The van der Waals surface area contributed by atoms with Crippen molar-refractivity contribution in [1.82, 2.24) is 20.5 Å². The first-order chi connectivity index (χ1) is 10.5. The molecule has 2 aliphatic rings. The molecule has 22 heavy (non-hydrogen) atoms. The number of hydrogen-bond acceptors (Lipinski definition) is 4. The van der Waals surface area contributed by atoms with Crippen LogP contribution >= 0.6 is 0 Å². The molecular formula is C15H24N4O2S. The second-order valence-electron chi connectivity index (χ2n) is 6.71. The number of rotatable bonds is 5. The van der Waals surface area contributed by atoms with Gasteiger partial charge in [-0.25, -0.2) is 4.98 Å². The summed E-state index contributed by atoms with van der Waals surface area (Å²) in [7, 11) is -1.47. The molecule has 2 fully saturated rings. The highest BCUT2D eigenvalue weighted by atomic mass is 32.2. The van der Waals surface area contributed by atoms with Gasteiger partial charge in [0.05, 0.1) is 0 Å². The van der Waals surface area contributed by atoms with E-state index >= 15 is 0 Å². The summed E-state index contributed by atoms with van der Waals surface area (Å²) in [4.78, 5) is 16.4. The number of amides is 1. The van der Waals surface area contributed by atoms with E-state index in [2.05, 4.69) is 34.3 Å². The molecule has 1 aromatic rings. The Morgan fingerprint density at radius 3 is 2.82 bits per heavy atom. The maximum atomic E-state index is 12.2. The van der Waals surface area contributed by atoms with Crippen molar-refractivity contribution in [1.29, 1.82) is 0 Å². The Bertz CT molecular complexity index is 570. The van der Waals surface area contributed by atoms with Gasteiger partial charge in [0.1, 0.15) is 22.4 Å². The summed E-state index contributed by atoms with van der Waals surface area (Å²) < 4.78 is 12.2. The van der Waals surface area contributed by atoms with Crippen molar-refractivity contribution in [3.8, 4) is 0 Å². The maximum absolute atomic E-state index is 12.2. The Labute approximate surface area is 133 Å². The van der Waals surface area contributed by atoms with Gasteiger partial charge in [0, 0.05) is 12.0 Å². The molecule has 4 atom stereocenters. The van der Waals surface area contributed by atoms with Crippen molar-refractivity contribution in [3.63, 3.8) is 0 Å². The van der Waals surface area contributed by atoms with Crippen LogP contribution in [0.2, 0.25) is 0 Å². The number of nitrogens with zero attached hydrogens (tertiary/aromatic N) is 2. The standard InChI is InChI=1S/C15H24N4O2S/c1-9-4-3-5-12(10(9)2)16-13(20)8-22(21)15-17-14(18-19-15)11-6-7-11/h9-12H,3-8H2,1-2H3,(H,16,20)(H,17,18,19). The van der Waals surface area contributed by atoms with Crippen molar-refractivity contribution in [2.75, 3.05) is 5.75 Å². The van der Waals surface area contributed by atoms with Crippen molar-refractivity contribution in [3.05, 3.63) is 5.82 Å². The lowest BCUT2D eigenvalue weighted by Crippen LogP contribution is -2.45. The van der Waals surface area contributed by atoms with Gasteiger partial charge in [0.25, 0.3) is 0 Å². The van der Waals surface area contributed by atoms with Crippen molar-refractivity contribution in [2.45, 2.75) is 63.1 Å². The fourth-order valence-electron chi connectivity index (χ4n) is 3.12. The van der Waals surface area contributed by atoms with E-state index < -0.39 is 10.8 Å². The number of carbonyl (C=O) groups excluding carboxylic acids is 1. The Morgan fingerprint density at radius 1 is 1.32 bits per heavy atom. The van der Waals surface area contributed by atoms with E-state index in [1.807, 2.05) is 0 Å². The molecule has 2 N–H and O–H groups in total. The van der Waals surface area contributed by atoms with Crippen LogP contribution in [0.4, 0.5) is 0 Å². The third-order valence-corrected chi connectivity index (χ3v) is 6.08. The zero-order chi connectivity index (χ0) is 15.7. The number of aromatic amines is 1. The topological polar surface area (TPSA) is 87.7 Å². The molecule has 0 radical (unpaired) electrons. The summed E-state index contributed by atoms with van der Waals surface area (Å²) in [5.41, 5.74) is 0. The molecule has 0 aromatic carbocycles. The highest BCUT2D eigenvalue weighted by molar-refractivity contribution is 7.85. The minimum Gasteiger partial charge on any atom is -0.352 e. The Morgan fingerprint density at radius 2 is 2.09 bits per heavy atom. The Balaban J connectivity index is 1.53. The normalized spacial score (nSPS) is 30.0. The lowest BCUT2D eigenvalue weighted by Gasteiger charge is -2.34. The predicted octanol–water partition coefficient (Wildman–Crippen LogP) is 1.73. The molecule has 7 heteroatoms. The molecule has 4 unspecified atom stereocenters. The van der Waals surface area contributed by atoms with E-state index in [4.69, 9.17) is 0 Å². The van der Waals surface area contributed by atoms with Gasteiger partial charge in [-0.05, 0) is 31.1 Å². The van der Waals surface area contributed by atoms with Gasteiger partial charge in [-0.2, -0.15) is 0 Å². The first kappa shape index (κ1) is 15.6. The van der Waals surface area contributed by atoms with E-state index in [9.17, 15) is 9.00 Å². The van der Waals surface area contributed by atoms with Gasteiger partial charge in [0.2, 0.25) is 11.1 Å². The largest absolute Gasteiger partial charge is 0.352 e. The first-order valence-corrected chi connectivity index (χ1v) is 9.46. The number of hydrogen-bond donors (Lipinski definition) is 2. The van der Waals surface area contributed by atoms with Crippen LogP contribution in [0.5, 0.6) is 0 Å². The van der Waals surface area contributed by atoms with E-state index in [1.165, 1.54) is 6.42 Å². The fraction of sp³-hybridized carbons (Fsp3) is 0.800. The highest BCUT2D eigenvalue weighted by Gasteiger charge is 2.30. The summed E-state index contributed by atoms with van der Waals surface area (Å²) in [6, 6.07) is 0.197. The molecule has 3 rings (SSSR count). The zero-order valence-corrected chi connectivity index (χ0v) is 14.0. The lowest BCUT2D eigenvalue weighted by molar-refractivity contribution is -0.120. The molecular weight excluding hydrogens is 300 g/mol. The highest BCUT2D eigenvalue weighted by Crippen LogP contribution is 2.37. The van der Waals surface area contributed by atoms with Gasteiger partial charge in [0.15, 0.2) is 0 Å². The zero-order valence-electron chi connectivity index (χ0n) is 13.2. The molecule has 1 amide bonds. The molecule has 0 spiro atoms. The van der Waals surface area contributed by atoms with Crippen molar-refractivity contribution in [2.24, 2.45) is 11.8 Å². The van der Waals surface area contributed by atoms with Crippen LogP contribution in [-0.4, -0.2) is 37.1 Å². The van der Waals surface area contributed by atoms with Gasteiger partial charge in [-0.3, -0.25) is 14.1 Å². The van der Waals surface area contributed by atoms with Crippen molar-refractivity contribution < 1.29 is 9.00 Å². The average Bonchev–Trinajstić information content (AvgIpc) is 3.21. The summed E-state index contributed by atoms with van der Waals surface area (Å²) in [5, 5.41) is 10.1. The molecule has 0 saturated heterocycles. The predicted molar refractivity (Wildman–Crippen MR) is 83.7 cm³/mol. The second-order valence-corrected chi connectivity index (χ2v) is 8.05. The third kappa shape index (κ3) is 3.56. The monoisotopic (exact) mass is 324 g/mol. The minimum absolute atomic E-state index is 0.0560. The summed E-state index contributed by atoms with van der Waals surface area (Å²) in [6.07, 6.45) is 5.60. The SMILES string of the molecule is CC1CCCC(NC(=O)CS(=O)c2n[nH]c(C3CC3)n2)C1C. The average molecular weight is 324 g/mol. The van der Waals surface area contributed by atoms with Crippen LogP contribution in [0.25, 0.3) is 0 Å². The van der Waals surface area contributed by atoms with Crippen LogP contribution in [0.3, 0.4) is 0 Å². The minimum atomic E-state index is -1.47. The van der Waals surface area contributed by atoms with Crippen LogP contribution in [0, 0.1) is 11.8 Å². The molecule has 0 aliphatic heterocycles. The first-order valence-electron chi connectivity index (χ1n) is 8.14. The van der Waals surface area contributed by atoms with E-state index in [-0.39, 0.29) is 22.9 Å². The molecule has 2 aliphatic carbocycles.